The van der Waals surface area contributed by atoms with Gasteiger partial charge in [-0.1, -0.05) is 0 Å². The predicted octanol–water partition coefficient (Wildman–Crippen LogP) is 1.93. The van der Waals surface area contributed by atoms with Crippen LogP contribution in [-0.4, -0.2) is 22.6 Å². The van der Waals surface area contributed by atoms with Gasteiger partial charge in [0.05, 0.1) is 13.7 Å². The number of imidazole rings is 1. The van der Waals surface area contributed by atoms with Crippen LogP contribution in [0.15, 0.2) is 30.6 Å². The van der Waals surface area contributed by atoms with Crippen LogP contribution in [0.25, 0.3) is 0 Å². The van der Waals surface area contributed by atoms with Crippen molar-refractivity contribution in [3.63, 3.8) is 0 Å². The number of fused-ring (bicyclic) bond motifs is 2. The second-order valence-corrected chi connectivity index (χ2v) is 3.86. The molecule has 0 saturated carbocycles. The van der Waals surface area contributed by atoms with Gasteiger partial charge in [0.2, 0.25) is 0 Å². The number of rotatable bonds is 1. The van der Waals surface area contributed by atoms with Crippen molar-refractivity contribution >= 4 is 24.0 Å². The lowest BCUT2D eigenvalue weighted by molar-refractivity contribution is 0.101. The van der Waals surface area contributed by atoms with E-state index in [4.69, 9.17) is 4.74 Å². The summed E-state index contributed by atoms with van der Waals surface area (Å²) in [6, 6.07) is 5.59. The fraction of sp³-hybridized carbons (Fsp3) is 0.167. The molecule has 1 aliphatic heterocycles. The number of nitrogens with zero attached hydrogens (tertiary/aromatic N) is 2. The average Bonchev–Trinajstić information content (AvgIpc) is 2.75. The molecule has 2 aromatic rings. The fourth-order valence-corrected chi connectivity index (χ4v) is 1.96. The summed E-state index contributed by atoms with van der Waals surface area (Å²) in [6.45, 7) is 0.612. The van der Waals surface area contributed by atoms with Crippen molar-refractivity contribution in [3.05, 3.63) is 42.0 Å². The second kappa shape index (κ2) is 4.70. The molecule has 0 aliphatic carbocycles. The molecule has 5 nitrogen and oxygen atoms in total. The van der Waals surface area contributed by atoms with E-state index in [9.17, 15) is 4.79 Å². The normalized spacial score (nSPS) is 12.6. The lowest BCUT2D eigenvalue weighted by atomic mass is 10.1. The minimum Gasteiger partial charge on any atom is -0.497 e. The van der Waals surface area contributed by atoms with Crippen molar-refractivity contribution in [2.24, 2.45) is 0 Å². The number of carbonyl (C=O) groups excluding carboxylic acids is 1. The van der Waals surface area contributed by atoms with Crippen molar-refractivity contribution in [1.29, 1.82) is 0 Å². The van der Waals surface area contributed by atoms with Crippen LogP contribution >= 0.6 is 12.4 Å². The molecular formula is C12H12ClN3O2. The van der Waals surface area contributed by atoms with Gasteiger partial charge in [-0.05, 0) is 23.8 Å². The lowest BCUT2D eigenvalue weighted by Gasteiger charge is -2.08. The van der Waals surface area contributed by atoms with Gasteiger partial charge in [0, 0.05) is 18.1 Å². The number of hydrogen-bond donors (Lipinski definition) is 1. The molecule has 18 heavy (non-hydrogen) atoms. The van der Waals surface area contributed by atoms with Crippen LogP contribution in [0.2, 0.25) is 0 Å². The van der Waals surface area contributed by atoms with E-state index in [1.807, 2.05) is 22.8 Å². The van der Waals surface area contributed by atoms with E-state index in [1.54, 1.807) is 19.5 Å². The molecule has 0 bridgehead atoms. The molecule has 0 radical (unpaired) electrons. The van der Waals surface area contributed by atoms with Gasteiger partial charge in [-0.25, -0.2) is 4.98 Å². The van der Waals surface area contributed by atoms with E-state index >= 15 is 0 Å². The van der Waals surface area contributed by atoms with Crippen LogP contribution in [0.5, 0.6) is 5.75 Å². The van der Waals surface area contributed by atoms with Crippen LogP contribution < -0.4 is 10.1 Å². The summed E-state index contributed by atoms with van der Waals surface area (Å²) in [6.07, 6.45) is 3.42. The molecule has 1 aliphatic rings. The highest BCUT2D eigenvalue weighted by Gasteiger charge is 2.19. The third kappa shape index (κ3) is 1.93. The maximum absolute atomic E-state index is 11.9. The minimum atomic E-state index is -0.182. The Kier molecular flexibility index (Phi) is 3.25. The van der Waals surface area contributed by atoms with E-state index in [1.165, 1.54) is 0 Å². The highest BCUT2D eigenvalue weighted by Crippen LogP contribution is 2.25. The topological polar surface area (TPSA) is 56.2 Å². The summed E-state index contributed by atoms with van der Waals surface area (Å²) in [4.78, 5) is 15.9. The highest BCUT2D eigenvalue weighted by atomic mass is 35.5. The van der Waals surface area contributed by atoms with Gasteiger partial charge in [-0.2, -0.15) is 0 Å². The number of methoxy groups -OCH3 is 1. The third-order valence-corrected chi connectivity index (χ3v) is 2.82. The molecule has 6 heteroatoms. The van der Waals surface area contributed by atoms with Gasteiger partial charge in [-0.15, -0.1) is 12.4 Å². The molecule has 1 aromatic carbocycles. The Morgan fingerprint density at radius 1 is 1.44 bits per heavy atom. The zero-order valence-electron chi connectivity index (χ0n) is 9.71. The second-order valence-electron chi connectivity index (χ2n) is 3.86. The summed E-state index contributed by atoms with van der Waals surface area (Å²) < 4.78 is 7.00. The number of nitrogens with one attached hydrogen (secondary N) is 1. The van der Waals surface area contributed by atoms with Gasteiger partial charge in [0.1, 0.15) is 5.75 Å². The van der Waals surface area contributed by atoms with Crippen LogP contribution in [-0.2, 0) is 6.54 Å². The molecule has 1 N–H and O–H groups in total. The Hall–Kier alpha value is -2.01. The summed E-state index contributed by atoms with van der Waals surface area (Å²) in [7, 11) is 1.62. The molecule has 0 saturated heterocycles. The molecule has 2 heterocycles. The van der Waals surface area contributed by atoms with Crippen molar-refractivity contribution in [2.45, 2.75) is 6.54 Å². The zero-order valence-corrected chi connectivity index (χ0v) is 10.5. The summed E-state index contributed by atoms with van der Waals surface area (Å²) in [5.74, 6) is 1.03. The van der Waals surface area contributed by atoms with Crippen LogP contribution in [0.4, 0.5) is 5.69 Å². The van der Waals surface area contributed by atoms with Crippen molar-refractivity contribution in [3.8, 4) is 5.75 Å². The summed E-state index contributed by atoms with van der Waals surface area (Å²) >= 11 is 0. The predicted molar refractivity (Wildman–Crippen MR) is 69.5 cm³/mol. The largest absolute Gasteiger partial charge is 0.497 e. The molecule has 0 atom stereocenters. The monoisotopic (exact) mass is 265 g/mol. The third-order valence-electron chi connectivity index (χ3n) is 2.82. The number of hydrogen-bond acceptors (Lipinski definition) is 3. The number of benzene rings is 1. The molecule has 3 rings (SSSR count). The van der Waals surface area contributed by atoms with E-state index in [2.05, 4.69) is 10.3 Å². The Morgan fingerprint density at radius 2 is 2.28 bits per heavy atom. The summed E-state index contributed by atoms with van der Waals surface area (Å²) in [5.41, 5.74) is 1.82. The quantitative estimate of drug-likeness (QED) is 0.857. The van der Waals surface area contributed by atoms with Crippen molar-refractivity contribution in [2.75, 3.05) is 12.4 Å². The van der Waals surface area contributed by atoms with Crippen LogP contribution in [0.3, 0.4) is 0 Å². The number of aromatic nitrogens is 2. The first-order chi connectivity index (χ1) is 8.28. The molecule has 0 fully saturated rings. The van der Waals surface area contributed by atoms with Gasteiger partial charge in [-0.3, -0.25) is 4.79 Å². The Bertz CT molecular complexity index is 595. The van der Waals surface area contributed by atoms with Gasteiger partial charge in [0.15, 0.2) is 5.82 Å². The number of anilines is 1. The standard InChI is InChI=1S/C12H11N3O2.ClH/c1-17-9-2-3-10-8(6-9)7-15-5-4-13-11(15)12(16)14-10;/h2-6H,7H2,1H3,(H,14,16);1H. The molecule has 94 valence electrons. The van der Waals surface area contributed by atoms with E-state index in [0.29, 0.717) is 12.4 Å². The number of amides is 1. The van der Waals surface area contributed by atoms with Crippen LogP contribution in [0, 0.1) is 0 Å². The minimum absolute atomic E-state index is 0. The van der Waals surface area contributed by atoms with Gasteiger partial charge in [0.25, 0.3) is 5.91 Å². The number of carbonyl (C=O) groups is 1. The van der Waals surface area contributed by atoms with E-state index in [-0.39, 0.29) is 18.3 Å². The van der Waals surface area contributed by atoms with Crippen LogP contribution in [0.1, 0.15) is 16.2 Å². The molecule has 0 unspecified atom stereocenters. The SMILES string of the molecule is COc1ccc2c(c1)Cn1ccnc1C(=O)N2.Cl. The first-order valence-corrected chi connectivity index (χ1v) is 5.27. The Balaban J connectivity index is 0.00000120. The first-order valence-electron chi connectivity index (χ1n) is 5.27. The lowest BCUT2D eigenvalue weighted by Crippen LogP contribution is -2.14. The molecular weight excluding hydrogens is 254 g/mol. The van der Waals surface area contributed by atoms with Crippen molar-refractivity contribution < 1.29 is 9.53 Å². The maximum Gasteiger partial charge on any atom is 0.291 e. The summed E-state index contributed by atoms with van der Waals surface area (Å²) in [5, 5.41) is 2.84. The van der Waals surface area contributed by atoms with E-state index < -0.39 is 0 Å². The number of ether oxygens (including phenoxy) is 1. The fourth-order valence-electron chi connectivity index (χ4n) is 1.96. The molecule has 1 aromatic heterocycles. The van der Waals surface area contributed by atoms with Gasteiger partial charge < -0.3 is 14.6 Å². The number of halogens is 1. The Labute approximate surface area is 110 Å². The molecule has 0 spiro atoms. The molecule has 1 amide bonds. The maximum atomic E-state index is 11.9. The smallest absolute Gasteiger partial charge is 0.291 e. The Morgan fingerprint density at radius 3 is 3.06 bits per heavy atom. The van der Waals surface area contributed by atoms with Crippen molar-refractivity contribution in [1.82, 2.24) is 9.55 Å². The highest BCUT2D eigenvalue weighted by molar-refractivity contribution is 6.02. The zero-order chi connectivity index (χ0) is 11.8. The van der Waals surface area contributed by atoms with Gasteiger partial charge >= 0.3 is 0 Å². The first kappa shape index (κ1) is 12.4. The average molecular weight is 266 g/mol. The van der Waals surface area contributed by atoms with E-state index in [0.717, 1.165) is 17.0 Å².